The van der Waals surface area contributed by atoms with Crippen LogP contribution in [0, 0.1) is 0 Å². The maximum Gasteiger partial charge on any atom is 0.260 e. The fourth-order valence-electron chi connectivity index (χ4n) is 1.64. The number of para-hydroxylation sites is 1. The van der Waals surface area contributed by atoms with Crippen LogP contribution in [0.15, 0.2) is 24.3 Å². The topological polar surface area (TPSA) is 38.3 Å². The van der Waals surface area contributed by atoms with Crippen molar-refractivity contribution in [2.45, 2.75) is 39.2 Å². The number of benzene rings is 1. The summed E-state index contributed by atoms with van der Waals surface area (Å²) in [6.07, 6.45) is -0.483. The van der Waals surface area contributed by atoms with E-state index in [1.54, 1.807) is 14.0 Å². The van der Waals surface area contributed by atoms with Crippen molar-refractivity contribution in [2.24, 2.45) is 0 Å². The molecule has 0 heterocycles. The van der Waals surface area contributed by atoms with Crippen molar-refractivity contribution < 1.29 is 9.53 Å². The van der Waals surface area contributed by atoms with Crippen LogP contribution in [0.1, 0.15) is 33.3 Å². The van der Waals surface area contributed by atoms with Gasteiger partial charge in [0.25, 0.3) is 5.91 Å². The van der Waals surface area contributed by atoms with Gasteiger partial charge in [0.1, 0.15) is 5.75 Å². The molecule has 94 valence electrons. The minimum Gasteiger partial charge on any atom is -0.481 e. The molecule has 1 aromatic carbocycles. The lowest BCUT2D eigenvalue weighted by Gasteiger charge is -2.24. The number of ether oxygens (including phenoxy) is 1. The number of likely N-dealkylation sites (N-methyl/N-ethyl adjacent to an activating group) is 1. The lowest BCUT2D eigenvalue weighted by molar-refractivity contribution is -0.126. The summed E-state index contributed by atoms with van der Waals surface area (Å²) in [5.74, 6) is 0.657. The van der Waals surface area contributed by atoms with E-state index in [0.29, 0.717) is 0 Å². The third kappa shape index (κ3) is 3.48. The van der Waals surface area contributed by atoms with E-state index in [1.165, 1.54) is 0 Å². The summed E-state index contributed by atoms with van der Waals surface area (Å²) in [6, 6.07) is 7.84. The number of amides is 1. The molecule has 3 nitrogen and oxygen atoms in total. The van der Waals surface area contributed by atoms with E-state index in [-0.39, 0.29) is 11.3 Å². The Kier molecular flexibility index (Phi) is 4.16. The molecule has 0 saturated carbocycles. The lowest BCUT2D eigenvalue weighted by Crippen LogP contribution is -2.34. The summed E-state index contributed by atoms with van der Waals surface area (Å²) in [7, 11) is 1.61. The van der Waals surface area contributed by atoms with E-state index in [1.807, 2.05) is 24.3 Å². The first-order chi connectivity index (χ1) is 7.86. The van der Waals surface area contributed by atoms with Gasteiger partial charge in [-0.3, -0.25) is 4.79 Å². The number of hydrogen-bond donors (Lipinski definition) is 1. The van der Waals surface area contributed by atoms with Crippen LogP contribution in [-0.2, 0) is 10.2 Å². The van der Waals surface area contributed by atoms with Crippen molar-refractivity contribution in [1.29, 1.82) is 0 Å². The van der Waals surface area contributed by atoms with Crippen molar-refractivity contribution in [1.82, 2.24) is 5.32 Å². The number of carbonyl (C=O) groups is 1. The van der Waals surface area contributed by atoms with E-state index in [9.17, 15) is 4.79 Å². The first kappa shape index (κ1) is 13.6. The van der Waals surface area contributed by atoms with Crippen LogP contribution in [0.3, 0.4) is 0 Å². The molecule has 1 amide bonds. The Hall–Kier alpha value is -1.51. The van der Waals surface area contributed by atoms with Gasteiger partial charge in [-0.15, -0.1) is 0 Å². The molecule has 0 aliphatic rings. The molecule has 17 heavy (non-hydrogen) atoms. The van der Waals surface area contributed by atoms with Crippen molar-refractivity contribution >= 4 is 5.91 Å². The zero-order valence-electron chi connectivity index (χ0n) is 11.2. The zero-order chi connectivity index (χ0) is 13.1. The molecular weight excluding hydrogens is 214 g/mol. The predicted octanol–water partition coefficient (Wildman–Crippen LogP) is 2.50. The molecular formula is C14H21NO2. The first-order valence-electron chi connectivity index (χ1n) is 5.84. The van der Waals surface area contributed by atoms with Crippen molar-refractivity contribution in [3.8, 4) is 5.75 Å². The molecule has 0 radical (unpaired) electrons. The molecule has 0 bridgehead atoms. The van der Waals surface area contributed by atoms with Gasteiger partial charge in [0.05, 0.1) is 0 Å². The van der Waals surface area contributed by atoms with Gasteiger partial charge in [0.15, 0.2) is 6.10 Å². The van der Waals surface area contributed by atoms with Gasteiger partial charge in [0, 0.05) is 7.05 Å². The van der Waals surface area contributed by atoms with Crippen LogP contribution >= 0.6 is 0 Å². The Bertz CT molecular complexity index is 393. The monoisotopic (exact) mass is 235 g/mol. The smallest absolute Gasteiger partial charge is 0.260 e. The molecule has 0 aromatic heterocycles. The largest absolute Gasteiger partial charge is 0.481 e. The quantitative estimate of drug-likeness (QED) is 0.874. The highest BCUT2D eigenvalue weighted by atomic mass is 16.5. The molecule has 0 spiro atoms. The zero-order valence-corrected chi connectivity index (χ0v) is 11.2. The number of nitrogens with one attached hydrogen (secondary N) is 1. The van der Waals surface area contributed by atoms with Crippen LogP contribution in [0.2, 0.25) is 0 Å². The average Bonchev–Trinajstić information content (AvgIpc) is 2.27. The Labute approximate surface area is 103 Å². The SMILES string of the molecule is CNC(=O)C(C)Oc1ccccc1C(C)(C)C. The summed E-state index contributed by atoms with van der Waals surface area (Å²) in [5.41, 5.74) is 1.11. The average molecular weight is 235 g/mol. The molecule has 1 atom stereocenters. The Morgan fingerprint density at radius 1 is 1.29 bits per heavy atom. The van der Waals surface area contributed by atoms with Crippen molar-refractivity contribution in [3.05, 3.63) is 29.8 Å². The molecule has 0 fully saturated rings. The number of carbonyl (C=O) groups excluding carboxylic acids is 1. The Balaban J connectivity index is 2.95. The summed E-state index contributed by atoms with van der Waals surface area (Å²) in [5, 5.41) is 2.58. The van der Waals surface area contributed by atoms with E-state index in [4.69, 9.17) is 4.74 Å². The molecule has 0 aliphatic carbocycles. The van der Waals surface area contributed by atoms with Gasteiger partial charge in [-0.2, -0.15) is 0 Å². The van der Waals surface area contributed by atoms with Gasteiger partial charge in [0.2, 0.25) is 0 Å². The normalized spacial score (nSPS) is 13.0. The Morgan fingerprint density at radius 3 is 2.41 bits per heavy atom. The minimum atomic E-state index is -0.483. The summed E-state index contributed by atoms with van der Waals surface area (Å²) in [6.45, 7) is 8.12. The first-order valence-corrected chi connectivity index (χ1v) is 5.84. The van der Waals surface area contributed by atoms with Gasteiger partial charge in [-0.05, 0) is 24.0 Å². The van der Waals surface area contributed by atoms with E-state index in [2.05, 4.69) is 26.1 Å². The Morgan fingerprint density at radius 2 is 1.88 bits per heavy atom. The van der Waals surface area contributed by atoms with Gasteiger partial charge < -0.3 is 10.1 Å². The molecule has 1 rings (SSSR count). The standard InChI is InChI=1S/C14H21NO2/c1-10(13(16)15-5)17-12-9-7-6-8-11(12)14(2,3)4/h6-10H,1-5H3,(H,15,16). The molecule has 3 heteroatoms. The highest BCUT2D eigenvalue weighted by Gasteiger charge is 2.21. The predicted molar refractivity (Wildman–Crippen MR) is 69.3 cm³/mol. The molecule has 1 aromatic rings. The third-order valence-electron chi connectivity index (χ3n) is 2.61. The van der Waals surface area contributed by atoms with Gasteiger partial charge in [-0.25, -0.2) is 0 Å². The van der Waals surface area contributed by atoms with Crippen LogP contribution in [0.4, 0.5) is 0 Å². The second-order valence-corrected chi connectivity index (χ2v) is 5.12. The third-order valence-corrected chi connectivity index (χ3v) is 2.61. The van der Waals surface area contributed by atoms with Crippen LogP contribution in [0.5, 0.6) is 5.75 Å². The maximum atomic E-state index is 11.4. The molecule has 1 unspecified atom stereocenters. The second-order valence-electron chi connectivity index (χ2n) is 5.12. The summed E-state index contributed by atoms with van der Waals surface area (Å²) < 4.78 is 5.71. The van der Waals surface area contributed by atoms with Crippen molar-refractivity contribution in [3.63, 3.8) is 0 Å². The number of rotatable bonds is 3. The van der Waals surface area contributed by atoms with Crippen LogP contribution in [-0.4, -0.2) is 19.1 Å². The fraction of sp³-hybridized carbons (Fsp3) is 0.500. The second kappa shape index (κ2) is 5.21. The highest BCUT2D eigenvalue weighted by Crippen LogP contribution is 2.31. The van der Waals surface area contributed by atoms with Crippen LogP contribution in [0.25, 0.3) is 0 Å². The maximum absolute atomic E-state index is 11.4. The van der Waals surface area contributed by atoms with Gasteiger partial charge >= 0.3 is 0 Å². The summed E-state index contributed by atoms with van der Waals surface area (Å²) >= 11 is 0. The van der Waals surface area contributed by atoms with Crippen molar-refractivity contribution in [2.75, 3.05) is 7.05 Å². The van der Waals surface area contributed by atoms with Crippen LogP contribution < -0.4 is 10.1 Å². The van der Waals surface area contributed by atoms with E-state index >= 15 is 0 Å². The molecule has 0 saturated heterocycles. The van der Waals surface area contributed by atoms with E-state index < -0.39 is 6.10 Å². The fourth-order valence-corrected chi connectivity index (χ4v) is 1.64. The highest BCUT2D eigenvalue weighted by molar-refractivity contribution is 5.80. The van der Waals surface area contributed by atoms with E-state index in [0.717, 1.165) is 11.3 Å². The lowest BCUT2D eigenvalue weighted by atomic mass is 9.86. The number of hydrogen-bond acceptors (Lipinski definition) is 2. The molecule has 0 aliphatic heterocycles. The minimum absolute atomic E-state index is 0.000988. The molecule has 1 N–H and O–H groups in total. The van der Waals surface area contributed by atoms with Gasteiger partial charge in [-0.1, -0.05) is 39.0 Å². The summed E-state index contributed by atoms with van der Waals surface area (Å²) in [4.78, 5) is 11.4.